The fourth-order valence-electron chi connectivity index (χ4n) is 1.68. The summed E-state index contributed by atoms with van der Waals surface area (Å²) in [6, 6.07) is 8.57. The maximum atomic E-state index is 11.9. The van der Waals surface area contributed by atoms with Gasteiger partial charge in [0.05, 0.1) is 0 Å². The monoisotopic (exact) mass is 295 g/mol. The number of benzene rings is 1. The van der Waals surface area contributed by atoms with Gasteiger partial charge in [-0.05, 0) is 23.1 Å². The van der Waals surface area contributed by atoms with Crippen molar-refractivity contribution >= 4 is 10.1 Å². The first kappa shape index (κ1) is 14.6. The fourth-order valence-corrected chi connectivity index (χ4v) is 2.65. The number of hydrogen-bond acceptors (Lipinski definition) is 5. The molecule has 0 atom stereocenters. The van der Waals surface area contributed by atoms with Crippen LogP contribution < -0.4 is 4.18 Å². The van der Waals surface area contributed by atoms with Crippen molar-refractivity contribution in [2.75, 3.05) is 0 Å². The third kappa shape index (κ3) is 3.84. The second kappa shape index (κ2) is 5.28. The summed E-state index contributed by atoms with van der Waals surface area (Å²) in [5, 5.41) is 3.57. The Bertz CT molecular complexity index is 669. The van der Waals surface area contributed by atoms with Gasteiger partial charge in [-0.15, -0.1) is 0 Å². The molecule has 0 bridgehead atoms. The minimum Gasteiger partial charge on any atom is -0.382 e. The zero-order chi connectivity index (χ0) is 14.8. The molecule has 2 aromatic rings. The van der Waals surface area contributed by atoms with E-state index in [2.05, 4.69) is 30.5 Å². The van der Waals surface area contributed by atoms with Crippen molar-refractivity contribution in [3.05, 3.63) is 47.9 Å². The lowest BCUT2D eigenvalue weighted by atomic mass is 9.87. The molecule has 1 heterocycles. The molecule has 0 radical (unpaired) electrons. The van der Waals surface area contributed by atoms with Crippen LogP contribution in [-0.2, 0) is 21.3 Å². The molecule has 1 aromatic carbocycles. The molecule has 0 aliphatic heterocycles. The predicted molar refractivity (Wildman–Crippen MR) is 74.9 cm³/mol. The highest BCUT2D eigenvalue weighted by Gasteiger charge is 2.18. The van der Waals surface area contributed by atoms with Gasteiger partial charge in [0.25, 0.3) is 0 Å². The molecule has 0 aliphatic rings. The predicted octanol–water partition coefficient (Wildman–Crippen LogP) is 2.88. The minimum atomic E-state index is -3.74. The zero-order valence-corrected chi connectivity index (χ0v) is 12.5. The maximum absolute atomic E-state index is 11.9. The van der Waals surface area contributed by atoms with Crippen molar-refractivity contribution in [3.63, 3.8) is 0 Å². The molecular formula is C14H17NO4S. The highest BCUT2D eigenvalue weighted by molar-refractivity contribution is 7.86. The Morgan fingerprint density at radius 3 is 2.60 bits per heavy atom. The Labute approximate surface area is 118 Å². The van der Waals surface area contributed by atoms with E-state index in [0.717, 1.165) is 5.56 Å². The van der Waals surface area contributed by atoms with Gasteiger partial charge in [-0.25, -0.2) is 0 Å². The molecule has 0 aliphatic carbocycles. The summed E-state index contributed by atoms with van der Waals surface area (Å²) < 4.78 is 33.6. The quantitative estimate of drug-likeness (QED) is 0.811. The molecule has 0 fully saturated rings. The Hall–Kier alpha value is -1.82. The first-order valence-corrected chi connectivity index (χ1v) is 7.76. The van der Waals surface area contributed by atoms with Crippen LogP contribution in [0.25, 0.3) is 0 Å². The fraction of sp³-hybridized carbons (Fsp3) is 0.357. The van der Waals surface area contributed by atoms with E-state index in [1.54, 1.807) is 18.2 Å². The van der Waals surface area contributed by atoms with Crippen LogP contribution in [0.2, 0.25) is 0 Å². The van der Waals surface area contributed by atoms with Gasteiger partial charge < -0.3 is 8.71 Å². The smallest absolute Gasteiger partial charge is 0.315 e. The Morgan fingerprint density at radius 1 is 1.25 bits per heavy atom. The van der Waals surface area contributed by atoms with E-state index in [1.165, 1.54) is 12.3 Å². The largest absolute Gasteiger partial charge is 0.382 e. The standard InChI is InChI=1S/C14H17NO4S/c1-14(2,3)11-5-4-6-13(9-11)19-20(16,17)10-12-7-8-18-15-12/h4-9H,10H2,1-3H3. The van der Waals surface area contributed by atoms with E-state index < -0.39 is 10.1 Å². The number of nitrogens with zero attached hydrogens (tertiary/aromatic N) is 1. The van der Waals surface area contributed by atoms with Gasteiger partial charge in [-0.1, -0.05) is 38.1 Å². The van der Waals surface area contributed by atoms with Crippen molar-refractivity contribution in [1.29, 1.82) is 0 Å². The maximum Gasteiger partial charge on any atom is 0.315 e. The van der Waals surface area contributed by atoms with Crippen LogP contribution in [0.4, 0.5) is 0 Å². The van der Waals surface area contributed by atoms with Crippen molar-refractivity contribution in [2.24, 2.45) is 0 Å². The van der Waals surface area contributed by atoms with Gasteiger partial charge in [0.1, 0.15) is 23.5 Å². The number of rotatable bonds is 4. The van der Waals surface area contributed by atoms with E-state index in [-0.39, 0.29) is 11.2 Å². The van der Waals surface area contributed by atoms with Crippen LogP contribution in [0.5, 0.6) is 5.75 Å². The molecule has 0 amide bonds. The van der Waals surface area contributed by atoms with Gasteiger partial charge in [-0.2, -0.15) is 8.42 Å². The molecule has 0 spiro atoms. The van der Waals surface area contributed by atoms with Crippen LogP contribution >= 0.6 is 0 Å². The molecule has 2 rings (SSSR count). The van der Waals surface area contributed by atoms with Gasteiger partial charge in [0.15, 0.2) is 0 Å². The Balaban J connectivity index is 2.17. The average Bonchev–Trinajstić information content (AvgIpc) is 2.79. The van der Waals surface area contributed by atoms with Crippen LogP contribution in [-0.4, -0.2) is 13.6 Å². The molecule has 6 heteroatoms. The Morgan fingerprint density at radius 2 is 2.00 bits per heavy atom. The van der Waals surface area contributed by atoms with Crippen molar-refractivity contribution < 1.29 is 17.1 Å². The molecular weight excluding hydrogens is 278 g/mol. The van der Waals surface area contributed by atoms with Crippen LogP contribution in [0, 0.1) is 0 Å². The molecule has 0 saturated heterocycles. The van der Waals surface area contributed by atoms with E-state index >= 15 is 0 Å². The third-order valence-electron chi connectivity index (χ3n) is 2.74. The molecule has 5 nitrogen and oxygen atoms in total. The summed E-state index contributed by atoms with van der Waals surface area (Å²) in [6.07, 6.45) is 1.32. The summed E-state index contributed by atoms with van der Waals surface area (Å²) >= 11 is 0. The molecule has 0 unspecified atom stereocenters. The van der Waals surface area contributed by atoms with Gasteiger partial charge in [-0.3, -0.25) is 0 Å². The van der Waals surface area contributed by atoms with Crippen molar-refractivity contribution in [3.8, 4) is 5.75 Å². The van der Waals surface area contributed by atoms with Crippen LogP contribution in [0.15, 0.2) is 41.1 Å². The highest BCUT2D eigenvalue weighted by atomic mass is 32.2. The number of hydrogen-bond donors (Lipinski definition) is 0. The third-order valence-corrected chi connectivity index (χ3v) is 3.83. The summed E-state index contributed by atoms with van der Waals surface area (Å²) in [5.74, 6) is -0.00982. The van der Waals surface area contributed by atoms with E-state index in [0.29, 0.717) is 11.4 Å². The lowest BCUT2D eigenvalue weighted by Gasteiger charge is -2.19. The topological polar surface area (TPSA) is 69.4 Å². The van der Waals surface area contributed by atoms with Gasteiger partial charge in [0.2, 0.25) is 0 Å². The van der Waals surface area contributed by atoms with Gasteiger partial charge >= 0.3 is 10.1 Å². The first-order chi connectivity index (χ1) is 9.26. The second-order valence-electron chi connectivity index (χ2n) is 5.55. The summed E-state index contributed by atoms with van der Waals surface area (Å²) in [4.78, 5) is 0. The SMILES string of the molecule is CC(C)(C)c1cccc(OS(=O)(=O)Cc2ccon2)c1. The number of aromatic nitrogens is 1. The Kier molecular flexibility index (Phi) is 3.85. The lowest BCUT2D eigenvalue weighted by Crippen LogP contribution is -2.14. The van der Waals surface area contributed by atoms with Crippen LogP contribution in [0.3, 0.4) is 0 Å². The van der Waals surface area contributed by atoms with E-state index in [1.807, 2.05) is 6.07 Å². The normalized spacial score (nSPS) is 12.3. The van der Waals surface area contributed by atoms with Gasteiger partial charge in [0, 0.05) is 6.07 Å². The second-order valence-corrected chi connectivity index (χ2v) is 7.12. The first-order valence-electron chi connectivity index (χ1n) is 6.18. The summed E-state index contributed by atoms with van der Waals surface area (Å²) in [7, 11) is -3.74. The lowest BCUT2D eigenvalue weighted by molar-refractivity contribution is 0.412. The molecule has 108 valence electrons. The minimum absolute atomic E-state index is 0.0742. The van der Waals surface area contributed by atoms with Crippen LogP contribution in [0.1, 0.15) is 32.0 Å². The summed E-state index contributed by atoms with van der Waals surface area (Å²) in [6.45, 7) is 6.15. The molecule has 1 aromatic heterocycles. The highest BCUT2D eigenvalue weighted by Crippen LogP contribution is 2.26. The van der Waals surface area contributed by atoms with Crippen molar-refractivity contribution in [1.82, 2.24) is 5.16 Å². The van der Waals surface area contributed by atoms with Crippen molar-refractivity contribution in [2.45, 2.75) is 31.9 Å². The van der Waals surface area contributed by atoms with E-state index in [4.69, 9.17) is 4.18 Å². The molecule has 0 N–H and O–H groups in total. The van der Waals surface area contributed by atoms with E-state index in [9.17, 15) is 8.42 Å². The average molecular weight is 295 g/mol. The summed E-state index contributed by atoms with van der Waals surface area (Å²) in [5.41, 5.74) is 1.25. The zero-order valence-electron chi connectivity index (χ0n) is 11.7. The molecule has 20 heavy (non-hydrogen) atoms. The molecule has 0 saturated carbocycles.